The maximum Gasteiger partial charge on any atom is 0.342 e. The normalized spacial score (nSPS) is 10.7. The van der Waals surface area contributed by atoms with Gasteiger partial charge in [-0.3, -0.25) is 9.20 Å². The number of carbonyl (C=O) groups is 1. The molecule has 0 aliphatic rings. The van der Waals surface area contributed by atoms with Crippen molar-refractivity contribution in [1.29, 1.82) is 0 Å². The van der Waals surface area contributed by atoms with Crippen LogP contribution in [0.2, 0.25) is 0 Å². The van der Waals surface area contributed by atoms with Crippen LogP contribution >= 0.6 is 0 Å². The number of rotatable bonds is 6. The average molecular weight is 400 g/mol. The monoisotopic (exact) mass is 400 g/mol. The number of fused-ring (bicyclic) bond motifs is 1. The van der Waals surface area contributed by atoms with E-state index in [9.17, 15) is 9.59 Å². The van der Waals surface area contributed by atoms with Crippen LogP contribution in [0.15, 0.2) is 83.8 Å². The van der Waals surface area contributed by atoms with Crippen molar-refractivity contribution in [3.8, 4) is 5.75 Å². The molecule has 4 rings (SSSR count). The zero-order valence-corrected chi connectivity index (χ0v) is 16.4. The molecule has 4 aromatic rings. The van der Waals surface area contributed by atoms with E-state index in [1.165, 1.54) is 10.5 Å². The van der Waals surface area contributed by atoms with E-state index in [4.69, 9.17) is 9.47 Å². The van der Waals surface area contributed by atoms with E-state index in [0.29, 0.717) is 29.3 Å². The van der Waals surface area contributed by atoms with Crippen molar-refractivity contribution < 1.29 is 14.3 Å². The van der Waals surface area contributed by atoms with Crippen molar-refractivity contribution in [3.05, 3.63) is 112 Å². The zero-order chi connectivity index (χ0) is 20.9. The lowest BCUT2D eigenvalue weighted by Gasteiger charge is -2.11. The Hall–Kier alpha value is -3.93. The van der Waals surface area contributed by atoms with Crippen LogP contribution in [0.25, 0.3) is 5.65 Å². The Morgan fingerprint density at radius 1 is 0.967 bits per heavy atom. The Balaban J connectivity index is 1.49. The fourth-order valence-corrected chi connectivity index (χ4v) is 3.10. The van der Waals surface area contributed by atoms with Gasteiger partial charge < -0.3 is 9.47 Å². The van der Waals surface area contributed by atoms with Crippen molar-refractivity contribution in [3.63, 3.8) is 0 Å². The number of carbonyl (C=O) groups excluding carboxylic acids is 1. The van der Waals surface area contributed by atoms with Gasteiger partial charge in [0.1, 0.15) is 30.2 Å². The van der Waals surface area contributed by atoms with Crippen LogP contribution in [0.3, 0.4) is 0 Å². The standard InChI is InChI=1S/C24H20N2O4/c1-17-8-7-13-26-22(27)14-19(25-23(17)26)16-30-24(28)20-11-5-6-12-21(20)29-15-18-9-3-2-4-10-18/h2-14H,15-16H2,1H3. The molecule has 0 spiro atoms. The van der Waals surface area contributed by atoms with E-state index >= 15 is 0 Å². The van der Waals surface area contributed by atoms with Crippen LogP contribution in [0, 0.1) is 6.92 Å². The first kappa shape index (κ1) is 19.4. The number of pyridine rings is 1. The number of hydrogen-bond acceptors (Lipinski definition) is 5. The van der Waals surface area contributed by atoms with Gasteiger partial charge in [-0.05, 0) is 36.2 Å². The third-order valence-corrected chi connectivity index (χ3v) is 4.63. The summed E-state index contributed by atoms with van der Waals surface area (Å²) < 4.78 is 12.7. The van der Waals surface area contributed by atoms with E-state index < -0.39 is 5.97 Å². The summed E-state index contributed by atoms with van der Waals surface area (Å²) in [6.07, 6.45) is 1.66. The molecule has 0 atom stereocenters. The minimum atomic E-state index is -0.537. The summed E-state index contributed by atoms with van der Waals surface area (Å²) in [7, 11) is 0. The molecule has 6 heteroatoms. The summed E-state index contributed by atoms with van der Waals surface area (Å²) in [5, 5.41) is 0. The van der Waals surface area contributed by atoms with Crippen molar-refractivity contribution in [2.75, 3.05) is 0 Å². The summed E-state index contributed by atoms with van der Waals surface area (Å²) in [4.78, 5) is 29.4. The predicted octanol–water partition coefficient (Wildman–Crippen LogP) is 3.94. The summed E-state index contributed by atoms with van der Waals surface area (Å²) >= 11 is 0. The number of ether oxygens (including phenoxy) is 2. The number of hydrogen-bond donors (Lipinski definition) is 0. The van der Waals surface area contributed by atoms with Crippen LogP contribution in [0.5, 0.6) is 5.75 Å². The molecule has 0 N–H and O–H groups in total. The summed E-state index contributed by atoms with van der Waals surface area (Å²) in [5.74, 6) is -0.0980. The molecule has 0 bridgehead atoms. The quantitative estimate of drug-likeness (QED) is 0.459. The SMILES string of the molecule is Cc1cccn2c(=O)cc(COC(=O)c3ccccc3OCc3ccccc3)nc12. The van der Waals surface area contributed by atoms with Gasteiger partial charge in [0.25, 0.3) is 5.56 Å². The smallest absolute Gasteiger partial charge is 0.342 e. The molecule has 2 aromatic carbocycles. The highest BCUT2D eigenvalue weighted by Crippen LogP contribution is 2.21. The van der Waals surface area contributed by atoms with E-state index in [-0.39, 0.29) is 12.2 Å². The summed E-state index contributed by atoms with van der Waals surface area (Å²) in [5.41, 5.74) is 2.90. The van der Waals surface area contributed by atoms with Gasteiger partial charge in [0.05, 0.1) is 5.69 Å². The van der Waals surface area contributed by atoms with Crippen LogP contribution < -0.4 is 10.3 Å². The van der Waals surface area contributed by atoms with Gasteiger partial charge in [-0.15, -0.1) is 0 Å². The first-order chi connectivity index (χ1) is 14.6. The Bertz CT molecular complexity index is 1250. The molecular weight excluding hydrogens is 380 g/mol. The maximum atomic E-state index is 12.7. The van der Waals surface area contributed by atoms with Gasteiger partial charge in [-0.25, -0.2) is 9.78 Å². The molecule has 0 fully saturated rings. The highest BCUT2D eigenvalue weighted by atomic mass is 16.5. The van der Waals surface area contributed by atoms with Gasteiger partial charge >= 0.3 is 5.97 Å². The van der Waals surface area contributed by atoms with Crippen LogP contribution in [0.4, 0.5) is 0 Å². The molecule has 0 radical (unpaired) electrons. The molecule has 6 nitrogen and oxygen atoms in total. The molecule has 2 aromatic heterocycles. The van der Waals surface area contributed by atoms with Gasteiger partial charge in [-0.2, -0.15) is 0 Å². The van der Waals surface area contributed by atoms with Crippen LogP contribution in [-0.4, -0.2) is 15.4 Å². The maximum absolute atomic E-state index is 12.7. The second-order valence-corrected chi connectivity index (χ2v) is 6.82. The van der Waals surface area contributed by atoms with E-state index in [2.05, 4.69) is 4.98 Å². The fourth-order valence-electron chi connectivity index (χ4n) is 3.10. The largest absolute Gasteiger partial charge is 0.488 e. The molecule has 30 heavy (non-hydrogen) atoms. The highest BCUT2D eigenvalue weighted by molar-refractivity contribution is 5.92. The third kappa shape index (κ3) is 4.22. The number of para-hydroxylation sites is 1. The number of esters is 1. The summed E-state index contributed by atoms with van der Waals surface area (Å²) in [6.45, 7) is 2.11. The topological polar surface area (TPSA) is 69.9 Å². The number of aromatic nitrogens is 2. The van der Waals surface area contributed by atoms with E-state index in [1.54, 1.807) is 36.5 Å². The minimum Gasteiger partial charge on any atom is -0.488 e. The fraction of sp³-hybridized carbons (Fsp3) is 0.125. The molecule has 0 unspecified atom stereocenters. The van der Waals surface area contributed by atoms with E-state index in [0.717, 1.165) is 11.1 Å². The number of benzene rings is 2. The van der Waals surface area contributed by atoms with Crippen molar-refractivity contribution >= 4 is 11.6 Å². The minimum absolute atomic E-state index is 0.105. The number of aryl methyl sites for hydroxylation is 1. The van der Waals surface area contributed by atoms with Crippen LogP contribution in [-0.2, 0) is 18.0 Å². The summed E-state index contributed by atoms with van der Waals surface area (Å²) in [6, 6.07) is 21.6. The third-order valence-electron chi connectivity index (χ3n) is 4.63. The molecule has 0 aliphatic carbocycles. The van der Waals surface area contributed by atoms with E-state index in [1.807, 2.05) is 43.3 Å². The molecule has 150 valence electrons. The molecular formula is C24H20N2O4. The molecule has 0 amide bonds. The highest BCUT2D eigenvalue weighted by Gasteiger charge is 2.15. The van der Waals surface area contributed by atoms with Gasteiger partial charge in [0.2, 0.25) is 0 Å². The lowest BCUT2D eigenvalue weighted by molar-refractivity contribution is 0.0462. The van der Waals surface area contributed by atoms with Gasteiger partial charge in [0.15, 0.2) is 0 Å². The Labute approximate surface area is 173 Å². The Morgan fingerprint density at radius 3 is 2.57 bits per heavy atom. The second-order valence-electron chi connectivity index (χ2n) is 6.82. The van der Waals surface area contributed by atoms with Gasteiger partial charge in [0, 0.05) is 12.3 Å². The molecule has 2 heterocycles. The Kier molecular flexibility index (Phi) is 5.57. The van der Waals surface area contributed by atoms with Crippen molar-refractivity contribution in [2.24, 2.45) is 0 Å². The molecule has 0 saturated heterocycles. The first-order valence-corrected chi connectivity index (χ1v) is 9.52. The molecule has 0 saturated carbocycles. The first-order valence-electron chi connectivity index (χ1n) is 9.52. The lowest BCUT2D eigenvalue weighted by Crippen LogP contribution is -2.17. The predicted molar refractivity (Wildman–Crippen MR) is 113 cm³/mol. The average Bonchev–Trinajstić information content (AvgIpc) is 2.78. The molecule has 0 aliphatic heterocycles. The Morgan fingerprint density at radius 2 is 1.73 bits per heavy atom. The van der Waals surface area contributed by atoms with Crippen LogP contribution in [0.1, 0.15) is 27.2 Å². The lowest BCUT2D eigenvalue weighted by atomic mass is 10.2. The zero-order valence-electron chi connectivity index (χ0n) is 16.4. The van der Waals surface area contributed by atoms with Gasteiger partial charge in [-0.1, -0.05) is 48.5 Å². The van der Waals surface area contributed by atoms with Crippen molar-refractivity contribution in [1.82, 2.24) is 9.38 Å². The number of nitrogens with zero attached hydrogens (tertiary/aromatic N) is 2. The second kappa shape index (κ2) is 8.61. The van der Waals surface area contributed by atoms with Crippen molar-refractivity contribution in [2.45, 2.75) is 20.1 Å².